The fourth-order valence-electron chi connectivity index (χ4n) is 4.54. The zero-order valence-corrected chi connectivity index (χ0v) is 18.1. The lowest BCUT2D eigenvalue weighted by molar-refractivity contribution is -0.127. The molecule has 1 aliphatic heterocycles. The van der Waals surface area contributed by atoms with Gasteiger partial charge >= 0.3 is 0 Å². The highest BCUT2D eigenvalue weighted by Gasteiger charge is 2.34. The van der Waals surface area contributed by atoms with Gasteiger partial charge in [-0.05, 0) is 74.1 Å². The minimum Gasteiger partial charge on any atom is -0.353 e. The number of piperidine rings is 1. The number of sulfonamides is 1. The summed E-state index contributed by atoms with van der Waals surface area (Å²) in [6.45, 7) is 2.87. The quantitative estimate of drug-likeness (QED) is 0.777. The highest BCUT2D eigenvalue weighted by molar-refractivity contribution is 7.89. The standard InChI is InChI=1S/C22H29N3O4S/c1-15-4-7-18(8-5-15)23-22(27)17-3-2-12-25(14-17)30(28,29)19-9-10-20-16(13-19)6-11-21(26)24-20/h6,9-11,13,15,17-18H,2-5,7-8,12,14H2,1H3,(H,23,27)(H,24,26)/t15?,17-,18?/m0/s1. The van der Waals surface area contributed by atoms with Gasteiger partial charge in [0.15, 0.2) is 0 Å². The molecule has 2 N–H and O–H groups in total. The maximum Gasteiger partial charge on any atom is 0.248 e. The molecule has 2 fully saturated rings. The fourth-order valence-corrected chi connectivity index (χ4v) is 6.10. The summed E-state index contributed by atoms with van der Waals surface area (Å²) in [6, 6.07) is 7.91. The van der Waals surface area contributed by atoms with Crippen LogP contribution in [0.5, 0.6) is 0 Å². The van der Waals surface area contributed by atoms with Gasteiger partial charge in [0.05, 0.1) is 10.8 Å². The van der Waals surface area contributed by atoms with Crippen molar-refractivity contribution in [2.24, 2.45) is 11.8 Å². The Bertz CT molecular complexity index is 1090. The summed E-state index contributed by atoms with van der Waals surface area (Å²) in [4.78, 5) is 27.1. The topological polar surface area (TPSA) is 99.3 Å². The van der Waals surface area contributed by atoms with E-state index < -0.39 is 10.0 Å². The number of H-pyrrole nitrogens is 1. The van der Waals surface area contributed by atoms with Gasteiger partial charge in [-0.25, -0.2) is 8.42 Å². The third kappa shape index (κ3) is 4.44. The number of rotatable bonds is 4. The molecule has 7 nitrogen and oxygen atoms in total. The van der Waals surface area contributed by atoms with E-state index in [4.69, 9.17) is 0 Å². The molecule has 4 rings (SSSR count). The van der Waals surface area contributed by atoms with Crippen LogP contribution in [0.15, 0.2) is 40.0 Å². The van der Waals surface area contributed by atoms with Gasteiger partial charge in [-0.2, -0.15) is 4.31 Å². The molecule has 2 aliphatic rings. The highest BCUT2D eigenvalue weighted by atomic mass is 32.2. The number of hydrogen-bond acceptors (Lipinski definition) is 4. The average molecular weight is 432 g/mol. The molecule has 2 heterocycles. The molecule has 162 valence electrons. The van der Waals surface area contributed by atoms with Gasteiger partial charge in [0.2, 0.25) is 21.5 Å². The van der Waals surface area contributed by atoms with Gasteiger partial charge < -0.3 is 10.3 Å². The largest absolute Gasteiger partial charge is 0.353 e. The van der Waals surface area contributed by atoms with Gasteiger partial charge in [-0.1, -0.05) is 6.92 Å². The van der Waals surface area contributed by atoms with Crippen LogP contribution >= 0.6 is 0 Å². The summed E-state index contributed by atoms with van der Waals surface area (Å²) in [5.74, 6) is 0.378. The van der Waals surface area contributed by atoms with Gasteiger partial charge in [0, 0.05) is 30.7 Å². The number of hydrogen-bond donors (Lipinski definition) is 2. The van der Waals surface area contributed by atoms with Crippen molar-refractivity contribution < 1.29 is 13.2 Å². The SMILES string of the molecule is CC1CCC(NC(=O)[C@H]2CCCN(S(=O)(=O)c3ccc4[nH]c(=O)ccc4c3)C2)CC1. The molecule has 1 atom stereocenters. The Hall–Kier alpha value is -2.19. The number of pyridine rings is 1. The number of aromatic amines is 1. The highest BCUT2D eigenvalue weighted by Crippen LogP contribution is 2.27. The molecule has 1 aromatic heterocycles. The second-order valence-electron chi connectivity index (χ2n) is 8.74. The summed E-state index contributed by atoms with van der Waals surface area (Å²) in [5.41, 5.74) is 0.370. The maximum absolute atomic E-state index is 13.2. The number of nitrogens with one attached hydrogen (secondary N) is 2. The van der Waals surface area contributed by atoms with E-state index >= 15 is 0 Å². The van der Waals surface area contributed by atoms with Crippen molar-refractivity contribution in [3.63, 3.8) is 0 Å². The molecule has 0 unspecified atom stereocenters. The van der Waals surface area contributed by atoms with Crippen molar-refractivity contribution in [2.75, 3.05) is 13.1 Å². The van der Waals surface area contributed by atoms with Gasteiger partial charge in [-0.3, -0.25) is 9.59 Å². The molecule has 1 saturated carbocycles. The monoisotopic (exact) mass is 431 g/mol. The maximum atomic E-state index is 13.2. The number of benzene rings is 1. The minimum absolute atomic E-state index is 0.0226. The van der Waals surface area contributed by atoms with E-state index in [2.05, 4.69) is 17.2 Å². The van der Waals surface area contributed by atoms with Gasteiger partial charge in [-0.15, -0.1) is 0 Å². The molecular formula is C22H29N3O4S. The van der Waals surface area contributed by atoms with E-state index in [-0.39, 0.29) is 34.9 Å². The van der Waals surface area contributed by atoms with E-state index in [1.54, 1.807) is 18.2 Å². The number of carbonyl (C=O) groups is 1. The smallest absolute Gasteiger partial charge is 0.248 e. The first-order valence-electron chi connectivity index (χ1n) is 10.8. The summed E-state index contributed by atoms with van der Waals surface area (Å²) in [5, 5.41) is 3.82. The number of amides is 1. The van der Waals surface area contributed by atoms with Gasteiger partial charge in [0.1, 0.15) is 0 Å². The van der Waals surface area contributed by atoms with Crippen LogP contribution in [0, 0.1) is 11.8 Å². The molecule has 0 bridgehead atoms. The number of aromatic nitrogens is 1. The van der Waals surface area contributed by atoms with E-state index in [0.717, 1.165) is 25.7 Å². The van der Waals surface area contributed by atoms with Crippen LogP contribution in [-0.2, 0) is 14.8 Å². The van der Waals surface area contributed by atoms with Crippen molar-refractivity contribution in [1.29, 1.82) is 0 Å². The normalized spacial score (nSPS) is 25.8. The summed E-state index contributed by atoms with van der Waals surface area (Å²) < 4.78 is 27.9. The van der Waals surface area contributed by atoms with Crippen molar-refractivity contribution >= 4 is 26.8 Å². The molecular weight excluding hydrogens is 402 g/mol. The lowest BCUT2D eigenvalue weighted by Crippen LogP contribution is -2.48. The zero-order chi connectivity index (χ0) is 21.3. The van der Waals surface area contributed by atoms with E-state index in [1.165, 1.54) is 16.4 Å². The first-order chi connectivity index (χ1) is 14.3. The summed E-state index contributed by atoms with van der Waals surface area (Å²) in [6.07, 6.45) is 5.63. The average Bonchev–Trinajstić information content (AvgIpc) is 2.75. The first kappa shape index (κ1) is 21.1. The molecule has 8 heteroatoms. The number of carbonyl (C=O) groups excluding carboxylic acids is 1. The number of nitrogens with zero attached hydrogens (tertiary/aromatic N) is 1. The molecule has 1 aromatic carbocycles. The van der Waals surface area contributed by atoms with Crippen molar-refractivity contribution in [3.05, 3.63) is 40.7 Å². The van der Waals surface area contributed by atoms with Crippen LogP contribution < -0.4 is 10.9 Å². The van der Waals surface area contributed by atoms with Crippen molar-refractivity contribution in [3.8, 4) is 0 Å². The van der Waals surface area contributed by atoms with E-state index in [1.807, 2.05) is 0 Å². The third-order valence-corrected chi connectivity index (χ3v) is 8.31. The van der Waals surface area contributed by atoms with Crippen LogP contribution in [-0.4, -0.2) is 42.7 Å². The Morgan fingerprint density at radius 3 is 2.63 bits per heavy atom. The molecule has 2 aromatic rings. The van der Waals surface area contributed by atoms with Crippen LogP contribution in [0.2, 0.25) is 0 Å². The van der Waals surface area contributed by atoms with Crippen molar-refractivity contribution in [1.82, 2.24) is 14.6 Å². The minimum atomic E-state index is -3.71. The molecule has 0 radical (unpaired) electrons. The molecule has 1 aliphatic carbocycles. The fraction of sp³-hybridized carbons (Fsp3) is 0.545. The summed E-state index contributed by atoms with van der Waals surface area (Å²) in [7, 11) is -3.71. The molecule has 1 amide bonds. The van der Waals surface area contributed by atoms with Crippen LogP contribution in [0.25, 0.3) is 10.9 Å². The third-order valence-electron chi connectivity index (χ3n) is 6.45. The lowest BCUT2D eigenvalue weighted by Gasteiger charge is -2.33. The lowest BCUT2D eigenvalue weighted by atomic mass is 9.87. The zero-order valence-electron chi connectivity index (χ0n) is 17.3. The van der Waals surface area contributed by atoms with Crippen LogP contribution in [0.3, 0.4) is 0 Å². The molecule has 0 spiro atoms. The Morgan fingerprint density at radius 1 is 1.10 bits per heavy atom. The van der Waals surface area contributed by atoms with Crippen LogP contribution in [0.4, 0.5) is 0 Å². The van der Waals surface area contributed by atoms with Crippen molar-refractivity contribution in [2.45, 2.75) is 56.4 Å². The Balaban J connectivity index is 1.47. The molecule has 1 saturated heterocycles. The summed E-state index contributed by atoms with van der Waals surface area (Å²) >= 11 is 0. The van der Waals surface area contributed by atoms with E-state index in [0.29, 0.717) is 36.2 Å². The van der Waals surface area contributed by atoms with Crippen LogP contribution in [0.1, 0.15) is 45.4 Å². The molecule has 30 heavy (non-hydrogen) atoms. The predicted molar refractivity (Wildman–Crippen MR) is 116 cm³/mol. The second kappa shape index (κ2) is 8.51. The Kier molecular flexibility index (Phi) is 5.97. The van der Waals surface area contributed by atoms with E-state index in [9.17, 15) is 18.0 Å². The predicted octanol–water partition coefficient (Wildman–Crippen LogP) is 2.62. The number of fused-ring (bicyclic) bond motifs is 1. The Labute approximate surface area is 176 Å². The second-order valence-corrected chi connectivity index (χ2v) is 10.7. The Morgan fingerprint density at radius 2 is 1.87 bits per heavy atom. The first-order valence-corrected chi connectivity index (χ1v) is 12.2. The van der Waals surface area contributed by atoms with Gasteiger partial charge in [0.25, 0.3) is 0 Å².